The van der Waals surface area contributed by atoms with Crippen molar-refractivity contribution in [2.75, 3.05) is 12.3 Å². The standard InChI is InChI=1S/C21H26N4O3S/c1-3-10-24-28-29(26,27)13-14(2)16-6-8-19(22-11-16)17-7-9-20-18(12-23-25-20)21(17)15-4-5-15/h6-9,11-12,14-15,24H,3-5,10,13H2,1-2H3,(H,23,25). The average Bonchev–Trinajstić information content (AvgIpc) is 3.43. The molecule has 2 aromatic heterocycles. The third-order valence-corrected chi connectivity index (χ3v) is 6.55. The van der Waals surface area contributed by atoms with Crippen molar-refractivity contribution in [3.63, 3.8) is 0 Å². The van der Waals surface area contributed by atoms with Gasteiger partial charge in [0.05, 0.1) is 23.2 Å². The molecule has 1 aliphatic rings. The van der Waals surface area contributed by atoms with Crippen molar-refractivity contribution in [2.45, 2.75) is 44.9 Å². The van der Waals surface area contributed by atoms with E-state index in [1.54, 1.807) is 6.20 Å². The third kappa shape index (κ3) is 4.49. The number of benzene rings is 1. The molecule has 1 aromatic carbocycles. The number of hydrogen-bond donors (Lipinski definition) is 2. The molecule has 0 aliphatic heterocycles. The molecule has 0 spiro atoms. The molecule has 1 atom stereocenters. The zero-order chi connectivity index (χ0) is 20.4. The van der Waals surface area contributed by atoms with Crippen LogP contribution in [0.2, 0.25) is 0 Å². The first-order valence-corrected chi connectivity index (χ1v) is 11.6. The maximum Gasteiger partial charge on any atom is 0.283 e. The summed E-state index contributed by atoms with van der Waals surface area (Å²) in [7, 11) is -3.64. The number of nitrogens with one attached hydrogen (secondary N) is 2. The smallest absolute Gasteiger partial charge is 0.278 e. The van der Waals surface area contributed by atoms with Gasteiger partial charge in [-0.25, -0.2) is 0 Å². The lowest BCUT2D eigenvalue weighted by Gasteiger charge is -2.14. The zero-order valence-electron chi connectivity index (χ0n) is 16.7. The first kappa shape index (κ1) is 20.0. The molecular weight excluding hydrogens is 388 g/mol. The predicted molar refractivity (Wildman–Crippen MR) is 113 cm³/mol. The molecule has 7 nitrogen and oxygen atoms in total. The lowest BCUT2D eigenvalue weighted by Crippen LogP contribution is -2.24. The molecule has 0 radical (unpaired) electrons. The van der Waals surface area contributed by atoms with Gasteiger partial charge in [0.25, 0.3) is 10.1 Å². The molecular formula is C21H26N4O3S. The summed E-state index contributed by atoms with van der Waals surface area (Å²) in [4.78, 5) is 4.66. The van der Waals surface area contributed by atoms with E-state index < -0.39 is 10.1 Å². The third-order valence-electron chi connectivity index (χ3n) is 5.27. The Morgan fingerprint density at radius 1 is 1.24 bits per heavy atom. The molecule has 154 valence electrons. The number of hydroxylamine groups is 1. The Labute approximate surface area is 171 Å². The minimum Gasteiger partial charge on any atom is -0.278 e. The van der Waals surface area contributed by atoms with Gasteiger partial charge in [-0.3, -0.25) is 10.1 Å². The van der Waals surface area contributed by atoms with E-state index in [9.17, 15) is 8.42 Å². The van der Waals surface area contributed by atoms with Crippen LogP contribution in [0.5, 0.6) is 0 Å². The van der Waals surface area contributed by atoms with E-state index in [-0.39, 0.29) is 11.7 Å². The predicted octanol–water partition coefficient (Wildman–Crippen LogP) is 3.87. The molecule has 2 N–H and O–H groups in total. The van der Waals surface area contributed by atoms with Crippen LogP contribution in [-0.2, 0) is 14.4 Å². The largest absolute Gasteiger partial charge is 0.283 e. The van der Waals surface area contributed by atoms with Gasteiger partial charge < -0.3 is 0 Å². The van der Waals surface area contributed by atoms with Gasteiger partial charge in [-0.15, -0.1) is 0 Å². The maximum absolute atomic E-state index is 12.1. The average molecular weight is 415 g/mol. The Hall–Kier alpha value is -2.29. The Morgan fingerprint density at radius 3 is 2.76 bits per heavy atom. The Morgan fingerprint density at radius 2 is 2.07 bits per heavy atom. The van der Waals surface area contributed by atoms with Gasteiger partial charge in [-0.2, -0.15) is 23.3 Å². The quantitative estimate of drug-likeness (QED) is 0.408. The highest BCUT2D eigenvalue weighted by Crippen LogP contribution is 2.47. The van der Waals surface area contributed by atoms with E-state index in [2.05, 4.69) is 26.7 Å². The molecule has 3 aromatic rings. The van der Waals surface area contributed by atoms with Gasteiger partial charge in [0, 0.05) is 23.7 Å². The van der Waals surface area contributed by atoms with Crippen molar-refractivity contribution in [1.29, 1.82) is 0 Å². The molecule has 29 heavy (non-hydrogen) atoms. The fourth-order valence-electron chi connectivity index (χ4n) is 3.60. The SMILES string of the molecule is CCCNOS(=O)(=O)CC(C)c1ccc(-c2ccc3[nH]ncc3c2C2CC2)nc1. The number of H-pyrrole nitrogens is 1. The van der Waals surface area contributed by atoms with Gasteiger partial charge in [0.15, 0.2) is 0 Å². The molecule has 8 heteroatoms. The highest BCUT2D eigenvalue weighted by atomic mass is 32.2. The molecule has 0 amide bonds. The summed E-state index contributed by atoms with van der Waals surface area (Å²) >= 11 is 0. The fourth-order valence-corrected chi connectivity index (χ4v) is 4.74. The van der Waals surface area contributed by atoms with Crippen molar-refractivity contribution in [3.05, 3.63) is 47.8 Å². The van der Waals surface area contributed by atoms with Gasteiger partial charge in [0.2, 0.25) is 0 Å². The van der Waals surface area contributed by atoms with Crippen molar-refractivity contribution in [3.8, 4) is 11.3 Å². The number of aromatic amines is 1. The van der Waals surface area contributed by atoms with Crippen LogP contribution in [0.25, 0.3) is 22.2 Å². The van der Waals surface area contributed by atoms with Crippen molar-refractivity contribution < 1.29 is 12.7 Å². The number of hydrogen-bond acceptors (Lipinski definition) is 6. The van der Waals surface area contributed by atoms with E-state index >= 15 is 0 Å². The van der Waals surface area contributed by atoms with E-state index in [0.717, 1.165) is 34.1 Å². The molecule has 0 bridgehead atoms. The summed E-state index contributed by atoms with van der Waals surface area (Å²) in [5.74, 6) is 0.243. The molecule has 1 fully saturated rings. The minimum atomic E-state index is -3.64. The molecule has 2 heterocycles. The van der Waals surface area contributed by atoms with Gasteiger partial charge in [0.1, 0.15) is 0 Å². The summed E-state index contributed by atoms with van der Waals surface area (Å²) in [6.45, 7) is 4.30. The minimum absolute atomic E-state index is 0.0982. The summed E-state index contributed by atoms with van der Waals surface area (Å²) in [5, 5.41) is 8.39. The van der Waals surface area contributed by atoms with Gasteiger partial charge >= 0.3 is 0 Å². The van der Waals surface area contributed by atoms with Crippen molar-refractivity contribution in [1.82, 2.24) is 20.7 Å². The first-order chi connectivity index (χ1) is 14.0. The van der Waals surface area contributed by atoms with Crippen LogP contribution in [-0.4, -0.2) is 35.9 Å². The van der Waals surface area contributed by atoms with E-state index in [1.165, 1.54) is 18.4 Å². The second-order valence-electron chi connectivity index (χ2n) is 7.71. The summed E-state index contributed by atoms with van der Waals surface area (Å²) < 4.78 is 29.0. The van der Waals surface area contributed by atoms with Crippen LogP contribution < -0.4 is 5.48 Å². The molecule has 4 rings (SSSR count). The van der Waals surface area contributed by atoms with Crippen LogP contribution in [0.1, 0.15) is 56.1 Å². The van der Waals surface area contributed by atoms with Crippen LogP contribution in [0, 0.1) is 0 Å². The van der Waals surface area contributed by atoms with Crippen molar-refractivity contribution >= 4 is 21.0 Å². The number of nitrogens with zero attached hydrogens (tertiary/aromatic N) is 2. The monoisotopic (exact) mass is 414 g/mol. The highest BCUT2D eigenvalue weighted by molar-refractivity contribution is 7.86. The fraction of sp³-hybridized carbons (Fsp3) is 0.429. The summed E-state index contributed by atoms with van der Waals surface area (Å²) in [6, 6.07) is 8.06. The van der Waals surface area contributed by atoms with E-state index in [0.29, 0.717) is 12.5 Å². The van der Waals surface area contributed by atoms with Gasteiger partial charge in [-0.1, -0.05) is 26.0 Å². The van der Waals surface area contributed by atoms with Crippen LogP contribution in [0.15, 0.2) is 36.7 Å². The number of fused-ring (bicyclic) bond motifs is 1. The molecule has 0 saturated heterocycles. The first-order valence-electron chi connectivity index (χ1n) is 10.0. The maximum atomic E-state index is 12.1. The van der Waals surface area contributed by atoms with Gasteiger partial charge in [-0.05, 0) is 54.4 Å². The van der Waals surface area contributed by atoms with E-state index in [1.807, 2.05) is 38.2 Å². The van der Waals surface area contributed by atoms with Crippen LogP contribution >= 0.6 is 0 Å². The normalized spacial score (nSPS) is 15.7. The number of aromatic nitrogens is 3. The summed E-state index contributed by atoms with van der Waals surface area (Å²) in [5.41, 5.74) is 7.73. The Kier molecular flexibility index (Phi) is 5.67. The van der Waals surface area contributed by atoms with E-state index in [4.69, 9.17) is 4.28 Å². The topological polar surface area (TPSA) is 97.0 Å². The Bertz CT molecular complexity index is 1090. The van der Waals surface area contributed by atoms with Crippen LogP contribution in [0.4, 0.5) is 0 Å². The lowest BCUT2D eigenvalue weighted by molar-refractivity contribution is 0.204. The van der Waals surface area contributed by atoms with Crippen LogP contribution in [0.3, 0.4) is 0 Å². The molecule has 1 aliphatic carbocycles. The zero-order valence-corrected chi connectivity index (χ0v) is 17.5. The second kappa shape index (κ2) is 8.22. The Balaban J connectivity index is 1.54. The van der Waals surface area contributed by atoms with Crippen molar-refractivity contribution in [2.24, 2.45) is 0 Å². The molecule has 1 unspecified atom stereocenters. The highest BCUT2D eigenvalue weighted by Gasteiger charge is 2.29. The summed E-state index contributed by atoms with van der Waals surface area (Å²) in [6.07, 6.45) is 6.84. The number of rotatable bonds is 9. The number of pyridine rings is 1. The second-order valence-corrected chi connectivity index (χ2v) is 9.33. The lowest BCUT2D eigenvalue weighted by atomic mass is 9.96. The molecule has 1 saturated carbocycles.